The van der Waals surface area contributed by atoms with Crippen molar-refractivity contribution in [1.29, 1.82) is 0 Å². The molecule has 2 aromatic heterocycles. The molecule has 2 aromatic carbocycles. The lowest BCUT2D eigenvalue weighted by Crippen LogP contribution is -2.09. The van der Waals surface area contributed by atoms with Gasteiger partial charge in [0.05, 0.1) is 18.0 Å². The highest BCUT2D eigenvalue weighted by atomic mass is 32.2. The van der Waals surface area contributed by atoms with Crippen molar-refractivity contribution in [2.75, 3.05) is 12.9 Å². The molecule has 0 fully saturated rings. The molecule has 0 saturated carbocycles. The first-order chi connectivity index (χ1) is 14.8. The number of benzene rings is 2. The third-order valence-electron chi connectivity index (χ3n) is 4.94. The second kappa shape index (κ2) is 8.03. The molecule has 4 rings (SSSR count). The Kier molecular flexibility index (Phi) is 5.41. The predicted octanol–water partition coefficient (Wildman–Crippen LogP) is 4.23. The highest BCUT2D eigenvalue weighted by molar-refractivity contribution is 7.90. The van der Waals surface area contributed by atoms with E-state index in [0.29, 0.717) is 22.3 Å². The van der Waals surface area contributed by atoms with E-state index in [-0.39, 0.29) is 23.7 Å². The summed E-state index contributed by atoms with van der Waals surface area (Å²) in [6, 6.07) is 16.3. The zero-order valence-corrected chi connectivity index (χ0v) is 18.3. The van der Waals surface area contributed by atoms with Crippen LogP contribution < -0.4 is 0 Å². The summed E-state index contributed by atoms with van der Waals surface area (Å²) in [7, 11) is -3.44. The molecule has 2 heterocycles. The summed E-state index contributed by atoms with van der Waals surface area (Å²) in [5.74, 6) is 0.149. The Morgan fingerprint density at radius 3 is 2.55 bits per heavy atom. The maximum absolute atomic E-state index is 12.3. The van der Waals surface area contributed by atoms with E-state index in [1.807, 2.05) is 43.3 Å². The molecule has 4 aromatic rings. The summed E-state index contributed by atoms with van der Waals surface area (Å²) in [5.41, 5.74) is 3.08. The van der Waals surface area contributed by atoms with Gasteiger partial charge in [-0.3, -0.25) is 4.68 Å². The second-order valence-electron chi connectivity index (χ2n) is 7.30. The van der Waals surface area contributed by atoms with E-state index in [4.69, 9.17) is 9.15 Å². The first kappa shape index (κ1) is 20.9. The van der Waals surface area contributed by atoms with Crippen LogP contribution in [0.3, 0.4) is 0 Å². The Hall–Kier alpha value is -3.39. The zero-order valence-electron chi connectivity index (χ0n) is 17.5. The highest BCUT2D eigenvalue weighted by Gasteiger charge is 2.19. The Morgan fingerprint density at radius 1 is 1.13 bits per heavy atom. The van der Waals surface area contributed by atoms with E-state index >= 15 is 0 Å². The number of esters is 1. The second-order valence-corrected chi connectivity index (χ2v) is 9.31. The largest absolute Gasteiger partial charge is 0.461 e. The average molecular weight is 439 g/mol. The van der Waals surface area contributed by atoms with Gasteiger partial charge in [-0.25, -0.2) is 13.2 Å². The van der Waals surface area contributed by atoms with Gasteiger partial charge in [0, 0.05) is 28.5 Å². The third-order valence-corrected chi connectivity index (χ3v) is 6.03. The fourth-order valence-electron chi connectivity index (χ4n) is 3.41. The molecule has 0 aliphatic carbocycles. The average Bonchev–Trinajstić information content (AvgIpc) is 3.32. The van der Waals surface area contributed by atoms with Crippen LogP contribution in [-0.4, -0.2) is 37.0 Å². The molecular formula is C23H22N2O5S. The van der Waals surface area contributed by atoms with E-state index < -0.39 is 15.8 Å². The van der Waals surface area contributed by atoms with Crippen molar-refractivity contribution >= 4 is 26.8 Å². The molecule has 160 valence electrons. The molecular weight excluding hydrogens is 416 g/mol. The number of hydrogen-bond acceptors (Lipinski definition) is 6. The van der Waals surface area contributed by atoms with Gasteiger partial charge in [-0.2, -0.15) is 5.10 Å². The number of aromatic nitrogens is 2. The van der Waals surface area contributed by atoms with Crippen molar-refractivity contribution in [3.63, 3.8) is 0 Å². The number of aryl methyl sites for hydroxylation is 1. The summed E-state index contributed by atoms with van der Waals surface area (Å²) >= 11 is 0. The zero-order chi connectivity index (χ0) is 22.2. The Morgan fingerprint density at radius 2 is 1.87 bits per heavy atom. The quantitative estimate of drug-likeness (QED) is 0.418. The number of rotatable bonds is 6. The summed E-state index contributed by atoms with van der Waals surface area (Å²) in [4.78, 5) is 12.2. The van der Waals surface area contributed by atoms with Crippen LogP contribution in [-0.2, 0) is 21.1 Å². The van der Waals surface area contributed by atoms with Crippen LogP contribution in [0.5, 0.6) is 0 Å². The van der Waals surface area contributed by atoms with Gasteiger partial charge in [-0.05, 0) is 38.1 Å². The van der Waals surface area contributed by atoms with Crippen molar-refractivity contribution in [3.05, 3.63) is 71.5 Å². The normalized spacial score (nSPS) is 11.7. The summed E-state index contributed by atoms with van der Waals surface area (Å²) in [5, 5.41) is 5.03. The number of hydrogen-bond donors (Lipinski definition) is 0. The molecule has 0 aliphatic heterocycles. The summed E-state index contributed by atoms with van der Waals surface area (Å²) in [6.07, 6.45) is 1.17. The monoisotopic (exact) mass is 438 g/mol. The third kappa shape index (κ3) is 4.25. The number of carbonyl (C=O) groups is 1. The van der Waals surface area contributed by atoms with E-state index in [1.54, 1.807) is 29.8 Å². The van der Waals surface area contributed by atoms with Gasteiger partial charge in [0.15, 0.2) is 15.5 Å². The van der Waals surface area contributed by atoms with Crippen LogP contribution in [0.25, 0.3) is 22.3 Å². The van der Waals surface area contributed by atoms with Gasteiger partial charge < -0.3 is 9.15 Å². The maximum Gasteiger partial charge on any atom is 0.358 e. The van der Waals surface area contributed by atoms with E-state index in [9.17, 15) is 13.2 Å². The lowest BCUT2D eigenvalue weighted by molar-refractivity contribution is 0.0518. The predicted molar refractivity (Wildman–Crippen MR) is 117 cm³/mol. The van der Waals surface area contributed by atoms with Crippen LogP contribution in [0, 0.1) is 6.92 Å². The van der Waals surface area contributed by atoms with Crippen molar-refractivity contribution in [2.45, 2.75) is 25.3 Å². The first-order valence-corrected chi connectivity index (χ1v) is 11.7. The van der Waals surface area contributed by atoms with Gasteiger partial charge >= 0.3 is 5.97 Å². The van der Waals surface area contributed by atoms with Crippen LogP contribution in [0.2, 0.25) is 0 Å². The van der Waals surface area contributed by atoms with Gasteiger partial charge in [0.25, 0.3) is 0 Å². The number of ether oxygens (including phenoxy) is 1. The van der Waals surface area contributed by atoms with E-state index in [0.717, 1.165) is 11.3 Å². The molecule has 8 heteroatoms. The minimum Gasteiger partial charge on any atom is -0.461 e. The Balaban J connectivity index is 1.82. The fourth-order valence-corrected chi connectivity index (χ4v) is 4.11. The van der Waals surface area contributed by atoms with Gasteiger partial charge in [-0.1, -0.05) is 30.3 Å². The van der Waals surface area contributed by atoms with E-state index in [2.05, 4.69) is 5.10 Å². The number of nitrogens with zero attached hydrogens (tertiary/aromatic N) is 2. The van der Waals surface area contributed by atoms with Crippen molar-refractivity contribution in [3.8, 4) is 11.3 Å². The minimum atomic E-state index is -3.44. The van der Waals surface area contributed by atoms with Crippen molar-refractivity contribution in [1.82, 2.24) is 9.78 Å². The van der Waals surface area contributed by atoms with Gasteiger partial charge in [0.2, 0.25) is 0 Å². The number of sulfone groups is 1. The molecule has 0 bridgehead atoms. The van der Waals surface area contributed by atoms with E-state index in [1.165, 1.54) is 6.26 Å². The molecule has 0 amide bonds. The lowest BCUT2D eigenvalue weighted by Gasteiger charge is -2.08. The maximum atomic E-state index is 12.3. The molecule has 0 atom stereocenters. The number of fused-ring (bicyclic) bond motifs is 1. The SMILES string of the molecule is CCOC(=O)c1cc(C)n(Cc2cc(S(C)(=O)=O)cc3cc(-c4ccccc4)oc23)n1. The minimum absolute atomic E-state index is 0.200. The van der Waals surface area contributed by atoms with Crippen molar-refractivity contribution < 1.29 is 22.4 Å². The van der Waals surface area contributed by atoms with Gasteiger partial charge in [-0.15, -0.1) is 0 Å². The Labute approximate surface area is 180 Å². The molecule has 7 nitrogen and oxygen atoms in total. The Bertz CT molecular complexity index is 1370. The van der Waals surface area contributed by atoms with Crippen LogP contribution in [0.4, 0.5) is 0 Å². The summed E-state index contributed by atoms with van der Waals surface area (Å²) < 4.78 is 37.3. The molecule has 0 spiro atoms. The molecule has 0 aliphatic rings. The van der Waals surface area contributed by atoms with Crippen LogP contribution in [0.15, 0.2) is 63.9 Å². The standard InChI is InChI=1S/C23H22N2O5S/c1-4-29-23(26)20-10-15(2)25(24-20)14-18-12-19(31(3,27)28)11-17-13-21(30-22(17)18)16-8-6-5-7-9-16/h5-13H,4,14H2,1-3H3. The van der Waals surface area contributed by atoms with Crippen LogP contribution in [0.1, 0.15) is 28.7 Å². The molecule has 0 saturated heterocycles. The topological polar surface area (TPSA) is 91.4 Å². The molecule has 31 heavy (non-hydrogen) atoms. The van der Waals surface area contributed by atoms with Gasteiger partial charge in [0.1, 0.15) is 11.3 Å². The molecule has 0 radical (unpaired) electrons. The smallest absolute Gasteiger partial charge is 0.358 e. The number of furan rings is 1. The lowest BCUT2D eigenvalue weighted by atomic mass is 10.1. The van der Waals surface area contributed by atoms with Crippen LogP contribution >= 0.6 is 0 Å². The first-order valence-electron chi connectivity index (χ1n) is 9.80. The fraction of sp³-hybridized carbons (Fsp3) is 0.217. The molecule has 0 N–H and O–H groups in total. The highest BCUT2D eigenvalue weighted by Crippen LogP contribution is 2.32. The molecule has 0 unspecified atom stereocenters. The van der Waals surface area contributed by atoms with Crippen molar-refractivity contribution in [2.24, 2.45) is 0 Å². The number of carbonyl (C=O) groups excluding carboxylic acids is 1. The summed E-state index contributed by atoms with van der Waals surface area (Å²) in [6.45, 7) is 4.06.